The van der Waals surface area contributed by atoms with Gasteiger partial charge in [-0.1, -0.05) is 19.4 Å². The molecule has 1 aromatic carbocycles. The van der Waals surface area contributed by atoms with Crippen LogP contribution in [0.25, 0.3) is 0 Å². The van der Waals surface area contributed by atoms with E-state index in [1.54, 1.807) is 6.07 Å². The lowest BCUT2D eigenvalue weighted by atomic mass is 10.2. The molecule has 4 heteroatoms. The van der Waals surface area contributed by atoms with Crippen LogP contribution < -0.4 is 5.32 Å². The van der Waals surface area contributed by atoms with Gasteiger partial charge in [-0.05, 0) is 24.1 Å². The second kappa shape index (κ2) is 8.14. The molecule has 2 nitrogen and oxygen atoms in total. The number of benzene rings is 1. The highest BCUT2D eigenvalue weighted by molar-refractivity contribution is 5.17. The fourth-order valence-corrected chi connectivity index (χ4v) is 1.38. The molecule has 17 heavy (non-hydrogen) atoms. The Hall–Kier alpha value is -1.00. The number of unbranched alkanes of at least 4 members (excludes halogenated alkanes) is 1. The van der Waals surface area contributed by atoms with Crippen molar-refractivity contribution in [3.8, 4) is 0 Å². The van der Waals surface area contributed by atoms with Crippen LogP contribution >= 0.6 is 0 Å². The molecule has 0 atom stereocenters. The van der Waals surface area contributed by atoms with Crippen molar-refractivity contribution in [3.05, 3.63) is 35.4 Å². The molecule has 0 heterocycles. The molecule has 0 saturated heterocycles. The largest absolute Gasteiger partial charge is 0.380 e. The van der Waals surface area contributed by atoms with Gasteiger partial charge in [0.2, 0.25) is 0 Å². The standard InChI is InChI=1S/C13H19F2NO/c1-2-3-7-17-8-6-16-10-11-4-5-12(14)13(15)9-11/h4-5,9,16H,2-3,6-8,10H2,1H3. The second-order valence-electron chi connectivity index (χ2n) is 3.89. The molecule has 0 spiro atoms. The Kier molecular flexibility index (Phi) is 6.74. The van der Waals surface area contributed by atoms with E-state index in [2.05, 4.69) is 12.2 Å². The van der Waals surface area contributed by atoms with E-state index in [0.29, 0.717) is 19.7 Å². The van der Waals surface area contributed by atoms with E-state index in [1.165, 1.54) is 6.07 Å². The molecule has 0 saturated carbocycles. The van der Waals surface area contributed by atoms with Gasteiger partial charge >= 0.3 is 0 Å². The Morgan fingerprint density at radius 3 is 2.71 bits per heavy atom. The van der Waals surface area contributed by atoms with E-state index in [1.807, 2.05) is 0 Å². The van der Waals surface area contributed by atoms with Crippen LogP contribution in [0, 0.1) is 11.6 Å². The number of nitrogens with one attached hydrogen (secondary N) is 1. The summed E-state index contributed by atoms with van der Waals surface area (Å²) in [6.45, 7) is 4.77. The van der Waals surface area contributed by atoms with Crippen LogP contribution in [0.3, 0.4) is 0 Å². The maximum absolute atomic E-state index is 12.9. The fraction of sp³-hybridized carbons (Fsp3) is 0.538. The van der Waals surface area contributed by atoms with Crippen molar-refractivity contribution >= 4 is 0 Å². The minimum atomic E-state index is -0.809. The van der Waals surface area contributed by atoms with Crippen LogP contribution in [-0.4, -0.2) is 19.8 Å². The molecule has 0 bridgehead atoms. The third-order valence-electron chi connectivity index (χ3n) is 2.38. The summed E-state index contributed by atoms with van der Waals surface area (Å²) >= 11 is 0. The van der Waals surface area contributed by atoms with E-state index < -0.39 is 11.6 Å². The monoisotopic (exact) mass is 243 g/mol. The Labute approximate surface area is 101 Å². The van der Waals surface area contributed by atoms with Crippen molar-refractivity contribution in [2.75, 3.05) is 19.8 Å². The Morgan fingerprint density at radius 2 is 2.00 bits per heavy atom. The quantitative estimate of drug-likeness (QED) is 0.709. The maximum Gasteiger partial charge on any atom is 0.159 e. The minimum absolute atomic E-state index is 0.522. The smallest absolute Gasteiger partial charge is 0.159 e. The first-order valence-corrected chi connectivity index (χ1v) is 5.96. The van der Waals surface area contributed by atoms with Crippen LogP contribution in [-0.2, 0) is 11.3 Å². The van der Waals surface area contributed by atoms with Gasteiger partial charge in [-0.25, -0.2) is 8.78 Å². The summed E-state index contributed by atoms with van der Waals surface area (Å²) in [5, 5.41) is 3.11. The molecular formula is C13H19F2NO. The number of rotatable bonds is 8. The summed E-state index contributed by atoms with van der Waals surface area (Å²) in [4.78, 5) is 0. The zero-order valence-electron chi connectivity index (χ0n) is 10.1. The molecule has 0 aliphatic rings. The topological polar surface area (TPSA) is 21.3 Å². The molecule has 0 radical (unpaired) electrons. The molecule has 0 amide bonds. The number of halogens is 2. The molecule has 1 aromatic rings. The number of hydrogen-bond acceptors (Lipinski definition) is 2. The van der Waals surface area contributed by atoms with Crippen molar-refractivity contribution in [3.63, 3.8) is 0 Å². The molecule has 0 aliphatic carbocycles. The highest BCUT2D eigenvalue weighted by Gasteiger charge is 2.01. The first kappa shape index (κ1) is 14.1. The lowest BCUT2D eigenvalue weighted by molar-refractivity contribution is 0.133. The molecule has 0 aliphatic heterocycles. The normalized spacial score (nSPS) is 10.8. The SMILES string of the molecule is CCCCOCCNCc1ccc(F)c(F)c1. The first-order valence-electron chi connectivity index (χ1n) is 5.96. The average molecular weight is 243 g/mol. The molecule has 0 fully saturated rings. The number of ether oxygens (including phenoxy) is 1. The molecule has 0 unspecified atom stereocenters. The fourth-order valence-electron chi connectivity index (χ4n) is 1.38. The summed E-state index contributed by atoms with van der Waals surface area (Å²) in [7, 11) is 0. The van der Waals surface area contributed by atoms with Crippen molar-refractivity contribution < 1.29 is 13.5 Å². The van der Waals surface area contributed by atoms with E-state index >= 15 is 0 Å². The van der Waals surface area contributed by atoms with Crippen LogP contribution in [0.2, 0.25) is 0 Å². The first-order chi connectivity index (χ1) is 8.24. The van der Waals surface area contributed by atoms with E-state index in [4.69, 9.17) is 4.74 Å². The summed E-state index contributed by atoms with van der Waals surface area (Å²) < 4.78 is 30.9. The minimum Gasteiger partial charge on any atom is -0.380 e. The average Bonchev–Trinajstić information content (AvgIpc) is 2.32. The Balaban J connectivity index is 2.11. The van der Waals surface area contributed by atoms with Gasteiger partial charge < -0.3 is 10.1 Å². The summed E-state index contributed by atoms with van der Waals surface area (Å²) in [5.74, 6) is -1.61. The summed E-state index contributed by atoms with van der Waals surface area (Å²) in [6, 6.07) is 3.92. The van der Waals surface area contributed by atoms with E-state index in [-0.39, 0.29) is 0 Å². The molecule has 1 N–H and O–H groups in total. The molecule has 1 rings (SSSR count). The highest BCUT2D eigenvalue weighted by atomic mass is 19.2. The predicted molar refractivity (Wildman–Crippen MR) is 63.8 cm³/mol. The Bertz CT molecular complexity index is 331. The summed E-state index contributed by atoms with van der Waals surface area (Å²) in [5.41, 5.74) is 0.734. The van der Waals surface area contributed by atoms with Gasteiger partial charge in [0, 0.05) is 19.7 Å². The Morgan fingerprint density at radius 1 is 1.18 bits per heavy atom. The van der Waals surface area contributed by atoms with Crippen LogP contribution in [0.1, 0.15) is 25.3 Å². The third-order valence-corrected chi connectivity index (χ3v) is 2.38. The van der Waals surface area contributed by atoms with Gasteiger partial charge in [-0.15, -0.1) is 0 Å². The lowest BCUT2D eigenvalue weighted by Crippen LogP contribution is -2.19. The lowest BCUT2D eigenvalue weighted by Gasteiger charge is -2.06. The van der Waals surface area contributed by atoms with E-state index in [9.17, 15) is 8.78 Å². The van der Waals surface area contributed by atoms with Crippen molar-refractivity contribution in [1.29, 1.82) is 0 Å². The van der Waals surface area contributed by atoms with Crippen LogP contribution in [0.15, 0.2) is 18.2 Å². The van der Waals surface area contributed by atoms with Crippen molar-refractivity contribution in [2.24, 2.45) is 0 Å². The van der Waals surface area contributed by atoms with Gasteiger partial charge in [-0.3, -0.25) is 0 Å². The number of hydrogen-bond donors (Lipinski definition) is 1. The van der Waals surface area contributed by atoms with Gasteiger partial charge in [0.25, 0.3) is 0 Å². The van der Waals surface area contributed by atoms with Gasteiger partial charge in [0.1, 0.15) is 0 Å². The molecule has 96 valence electrons. The zero-order chi connectivity index (χ0) is 12.5. The van der Waals surface area contributed by atoms with Crippen molar-refractivity contribution in [1.82, 2.24) is 5.32 Å². The predicted octanol–water partition coefficient (Wildman–Crippen LogP) is 2.87. The van der Waals surface area contributed by atoms with E-state index in [0.717, 1.165) is 31.1 Å². The highest BCUT2D eigenvalue weighted by Crippen LogP contribution is 2.08. The van der Waals surface area contributed by atoms with Crippen molar-refractivity contribution in [2.45, 2.75) is 26.3 Å². The zero-order valence-corrected chi connectivity index (χ0v) is 10.1. The van der Waals surface area contributed by atoms with Gasteiger partial charge in [-0.2, -0.15) is 0 Å². The second-order valence-corrected chi connectivity index (χ2v) is 3.89. The van der Waals surface area contributed by atoms with Gasteiger partial charge in [0.15, 0.2) is 11.6 Å². The van der Waals surface area contributed by atoms with Crippen LogP contribution in [0.4, 0.5) is 8.78 Å². The maximum atomic E-state index is 12.9. The molecule has 0 aromatic heterocycles. The summed E-state index contributed by atoms with van der Waals surface area (Å²) in [6.07, 6.45) is 2.20. The van der Waals surface area contributed by atoms with Gasteiger partial charge in [0.05, 0.1) is 6.61 Å². The molecular weight excluding hydrogens is 224 g/mol. The third kappa shape index (κ3) is 5.75. The van der Waals surface area contributed by atoms with Crippen LogP contribution in [0.5, 0.6) is 0 Å².